The Bertz CT molecular complexity index is 768. The lowest BCUT2D eigenvalue weighted by atomic mass is 10.1. The summed E-state index contributed by atoms with van der Waals surface area (Å²) in [4.78, 5) is 4.56. The molecule has 2 aromatic carbocycles. The van der Waals surface area contributed by atoms with E-state index in [-0.39, 0.29) is 5.25 Å². The minimum Gasteiger partial charge on any atom is -0.258 e. The summed E-state index contributed by atoms with van der Waals surface area (Å²) in [6.07, 6.45) is 0. The summed E-state index contributed by atoms with van der Waals surface area (Å²) in [6, 6.07) is 16.1. The fraction of sp³-hybridized carbons (Fsp3) is 0.176. The summed E-state index contributed by atoms with van der Waals surface area (Å²) in [7, 11) is 0. The first-order chi connectivity index (χ1) is 10.6. The van der Waals surface area contributed by atoms with Gasteiger partial charge in [-0.25, -0.2) is 4.98 Å². The van der Waals surface area contributed by atoms with E-state index in [0.717, 1.165) is 27.1 Å². The number of benzene rings is 2. The van der Waals surface area contributed by atoms with E-state index in [1.54, 1.807) is 11.8 Å². The molecule has 0 fully saturated rings. The molecule has 1 atom stereocenters. The lowest BCUT2D eigenvalue weighted by molar-refractivity contribution is 0.960. The molecule has 3 aromatic rings. The van der Waals surface area contributed by atoms with Crippen LogP contribution in [0.1, 0.15) is 23.3 Å². The molecule has 1 heterocycles. The molecule has 0 spiro atoms. The maximum Gasteiger partial charge on any atom is 0.209 e. The van der Waals surface area contributed by atoms with Crippen LogP contribution in [0.3, 0.4) is 0 Å². The molecule has 0 saturated carbocycles. The Kier molecular flexibility index (Phi) is 4.50. The summed E-state index contributed by atoms with van der Waals surface area (Å²) in [5.74, 6) is 0.786. The minimum absolute atomic E-state index is 0.190. The monoisotopic (exact) mass is 329 g/mol. The SMILES string of the molecule is Cc1ccc(-c2nc(S[C@@H](C)c3ccccc3Cl)n[nH]2)cc1. The summed E-state index contributed by atoms with van der Waals surface area (Å²) in [5.41, 5.74) is 3.36. The van der Waals surface area contributed by atoms with Gasteiger partial charge in [0, 0.05) is 15.8 Å². The minimum atomic E-state index is 0.190. The second kappa shape index (κ2) is 6.55. The van der Waals surface area contributed by atoms with Gasteiger partial charge in [0.25, 0.3) is 0 Å². The molecule has 1 aromatic heterocycles. The number of nitrogens with zero attached hydrogens (tertiary/aromatic N) is 2. The lowest BCUT2D eigenvalue weighted by Crippen LogP contribution is -1.90. The Morgan fingerprint density at radius 2 is 1.82 bits per heavy atom. The number of aromatic nitrogens is 3. The first kappa shape index (κ1) is 15.1. The molecular weight excluding hydrogens is 314 g/mol. The Hall–Kier alpha value is -1.78. The lowest BCUT2D eigenvalue weighted by Gasteiger charge is -2.10. The summed E-state index contributed by atoms with van der Waals surface area (Å²) < 4.78 is 0. The molecule has 3 rings (SSSR count). The molecule has 112 valence electrons. The van der Waals surface area contributed by atoms with Crippen LogP contribution in [0.2, 0.25) is 5.02 Å². The molecule has 0 bridgehead atoms. The molecule has 0 amide bonds. The molecule has 0 radical (unpaired) electrons. The number of halogens is 1. The molecule has 0 unspecified atom stereocenters. The van der Waals surface area contributed by atoms with Gasteiger partial charge in [-0.2, -0.15) is 0 Å². The number of nitrogens with one attached hydrogen (secondary N) is 1. The Balaban J connectivity index is 1.77. The van der Waals surface area contributed by atoms with Gasteiger partial charge < -0.3 is 0 Å². The Labute approximate surface area is 139 Å². The van der Waals surface area contributed by atoms with Crippen molar-refractivity contribution >= 4 is 23.4 Å². The van der Waals surface area contributed by atoms with Crippen LogP contribution in [0.4, 0.5) is 0 Å². The predicted molar refractivity (Wildman–Crippen MR) is 92.3 cm³/mol. The highest BCUT2D eigenvalue weighted by Gasteiger charge is 2.14. The number of rotatable bonds is 4. The predicted octanol–water partition coefficient (Wildman–Crippen LogP) is 5.29. The molecule has 1 N–H and O–H groups in total. The van der Waals surface area contributed by atoms with Crippen molar-refractivity contribution in [1.29, 1.82) is 0 Å². The van der Waals surface area contributed by atoms with Crippen LogP contribution in [0.15, 0.2) is 53.7 Å². The summed E-state index contributed by atoms with van der Waals surface area (Å²) >= 11 is 7.83. The van der Waals surface area contributed by atoms with Crippen molar-refractivity contribution in [2.75, 3.05) is 0 Å². The maximum atomic E-state index is 6.24. The van der Waals surface area contributed by atoms with E-state index in [1.807, 2.05) is 36.4 Å². The van der Waals surface area contributed by atoms with E-state index in [9.17, 15) is 0 Å². The zero-order valence-corrected chi connectivity index (χ0v) is 13.9. The highest BCUT2D eigenvalue weighted by atomic mass is 35.5. The van der Waals surface area contributed by atoms with Crippen LogP contribution in [0.5, 0.6) is 0 Å². The van der Waals surface area contributed by atoms with Crippen LogP contribution in [0.25, 0.3) is 11.4 Å². The summed E-state index contributed by atoms with van der Waals surface area (Å²) in [5, 5.41) is 8.98. The van der Waals surface area contributed by atoms with Gasteiger partial charge in [-0.3, -0.25) is 5.10 Å². The van der Waals surface area contributed by atoms with Crippen molar-refractivity contribution < 1.29 is 0 Å². The van der Waals surface area contributed by atoms with Gasteiger partial charge in [-0.1, -0.05) is 71.4 Å². The third-order valence-electron chi connectivity index (χ3n) is 3.42. The number of aromatic amines is 1. The molecule has 0 aliphatic carbocycles. The highest BCUT2D eigenvalue weighted by molar-refractivity contribution is 7.99. The van der Waals surface area contributed by atoms with Crippen molar-refractivity contribution in [2.24, 2.45) is 0 Å². The second-order valence-corrected chi connectivity index (χ2v) is 6.83. The highest BCUT2D eigenvalue weighted by Crippen LogP contribution is 2.36. The molecule has 0 aliphatic heterocycles. The van der Waals surface area contributed by atoms with E-state index in [1.165, 1.54) is 5.56 Å². The first-order valence-corrected chi connectivity index (χ1v) is 8.30. The topological polar surface area (TPSA) is 41.6 Å². The van der Waals surface area contributed by atoms with Gasteiger partial charge >= 0.3 is 0 Å². The van der Waals surface area contributed by atoms with Crippen molar-refractivity contribution in [3.8, 4) is 11.4 Å². The zero-order chi connectivity index (χ0) is 15.5. The molecule has 22 heavy (non-hydrogen) atoms. The van der Waals surface area contributed by atoms with Crippen molar-refractivity contribution in [3.63, 3.8) is 0 Å². The van der Waals surface area contributed by atoms with E-state index in [0.29, 0.717) is 0 Å². The Morgan fingerprint density at radius 3 is 2.55 bits per heavy atom. The van der Waals surface area contributed by atoms with Gasteiger partial charge in [-0.05, 0) is 25.5 Å². The van der Waals surface area contributed by atoms with Crippen molar-refractivity contribution in [1.82, 2.24) is 15.2 Å². The average molecular weight is 330 g/mol. The molecule has 0 aliphatic rings. The van der Waals surface area contributed by atoms with Gasteiger partial charge in [0.1, 0.15) is 0 Å². The third-order valence-corrected chi connectivity index (χ3v) is 4.76. The number of aryl methyl sites for hydroxylation is 1. The molecule has 5 heteroatoms. The quantitative estimate of drug-likeness (QED) is 0.661. The molecular formula is C17H16ClN3S. The first-order valence-electron chi connectivity index (χ1n) is 7.04. The largest absolute Gasteiger partial charge is 0.258 e. The smallest absolute Gasteiger partial charge is 0.209 e. The number of H-pyrrole nitrogens is 1. The third kappa shape index (κ3) is 3.34. The zero-order valence-electron chi connectivity index (χ0n) is 12.4. The van der Waals surface area contributed by atoms with Crippen LogP contribution < -0.4 is 0 Å². The van der Waals surface area contributed by atoms with Gasteiger partial charge in [0.2, 0.25) is 5.16 Å². The number of thioether (sulfide) groups is 1. The summed E-state index contributed by atoms with van der Waals surface area (Å²) in [6.45, 7) is 4.17. The van der Waals surface area contributed by atoms with Crippen LogP contribution in [-0.2, 0) is 0 Å². The van der Waals surface area contributed by atoms with E-state index >= 15 is 0 Å². The standard InChI is InChI=1S/C17H16ClN3S/c1-11-7-9-13(10-8-11)16-19-17(21-20-16)22-12(2)14-5-3-4-6-15(14)18/h3-10,12H,1-2H3,(H,19,20,21)/t12-/m0/s1. The van der Waals surface area contributed by atoms with Gasteiger partial charge in [-0.15, -0.1) is 5.10 Å². The average Bonchev–Trinajstić information content (AvgIpc) is 2.97. The van der Waals surface area contributed by atoms with Crippen LogP contribution in [-0.4, -0.2) is 15.2 Å². The maximum absolute atomic E-state index is 6.24. The van der Waals surface area contributed by atoms with Crippen LogP contribution in [0, 0.1) is 6.92 Å². The Morgan fingerprint density at radius 1 is 1.09 bits per heavy atom. The number of hydrogen-bond acceptors (Lipinski definition) is 3. The number of hydrogen-bond donors (Lipinski definition) is 1. The molecule has 3 nitrogen and oxygen atoms in total. The fourth-order valence-electron chi connectivity index (χ4n) is 2.17. The van der Waals surface area contributed by atoms with Crippen LogP contribution >= 0.6 is 23.4 Å². The normalized spacial score (nSPS) is 12.3. The van der Waals surface area contributed by atoms with Gasteiger partial charge in [0.05, 0.1) is 0 Å². The van der Waals surface area contributed by atoms with E-state index < -0.39 is 0 Å². The van der Waals surface area contributed by atoms with Gasteiger partial charge in [0.15, 0.2) is 5.82 Å². The molecule has 0 saturated heterocycles. The van der Waals surface area contributed by atoms with Crippen molar-refractivity contribution in [2.45, 2.75) is 24.3 Å². The fourth-order valence-corrected chi connectivity index (χ4v) is 3.42. The van der Waals surface area contributed by atoms with E-state index in [2.05, 4.69) is 41.2 Å². The van der Waals surface area contributed by atoms with Crippen molar-refractivity contribution in [3.05, 3.63) is 64.7 Å². The van der Waals surface area contributed by atoms with E-state index in [4.69, 9.17) is 11.6 Å². The second-order valence-electron chi connectivity index (χ2n) is 5.11.